The van der Waals surface area contributed by atoms with Crippen LogP contribution >= 0.6 is 0 Å². The first-order valence-corrected chi connectivity index (χ1v) is 7.60. The molecule has 0 radical (unpaired) electrons. The lowest BCUT2D eigenvalue weighted by Gasteiger charge is -2.09. The van der Waals surface area contributed by atoms with Gasteiger partial charge in [0.15, 0.2) is 0 Å². The van der Waals surface area contributed by atoms with Gasteiger partial charge in [-0.1, -0.05) is 67.6 Å². The number of nitrogens with zero attached hydrogens (tertiary/aromatic N) is 2. The van der Waals surface area contributed by atoms with E-state index in [1.54, 1.807) is 0 Å². The number of benzene rings is 2. The molecule has 0 aliphatic carbocycles. The van der Waals surface area contributed by atoms with Crippen molar-refractivity contribution in [2.75, 3.05) is 11.9 Å². The molecule has 22 heavy (non-hydrogen) atoms. The fourth-order valence-electron chi connectivity index (χ4n) is 2.28. The zero-order chi connectivity index (χ0) is 15.2. The van der Waals surface area contributed by atoms with E-state index < -0.39 is 0 Å². The molecule has 2 aromatic carbocycles. The summed E-state index contributed by atoms with van der Waals surface area (Å²) in [6, 6.07) is 22.5. The molecular formula is C19H19N3. The minimum absolute atomic E-state index is 0.682. The molecule has 1 N–H and O–H groups in total. The minimum Gasteiger partial charge on any atom is -0.354 e. The van der Waals surface area contributed by atoms with Crippen LogP contribution in [0.2, 0.25) is 0 Å². The number of hydrogen-bond acceptors (Lipinski definition) is 3. The molecular weight excluding hydrogens is 270 g/mol. The van der Waals surface area contributed by atoms with E-state index in [0.717, 1.165) is 35.5 Å². The van der Waals surface area contributed by atoms with Gasteiger partial charge in [0.2, 0.25) is 5.95 Å². The fourth-order valence-corrected chi connectivity index (χ4v) is 2.28. The predicted octanol–water partition coefficient (Wildman–Crippen LogP) is 4.63. The molecule has 0 saturated heterocycles. The van der Waals surface area contributed by atoms with Crippen LogP contribution in [-0.4, -0.2) is 16.5 Å². The van der Waals surface area contributed by atoms with E-state index in [2.05, 4.69) is 46.5 Å². The van der Waals surface area contributed by atoms with E-state index in [1.165, 1.54) is 0 Å². The van der Waals surface area contributed by atoms with Crippen LogP contribution in [-0.2, 0) is 0 Å². The van der Waals surface area contributed by atoms with Gasteiger partial charge in [-0.3, -0.25) is 0 Å². The quantitative estimate of drug-likeness (QED) is 0.744. The third-order valence-corrected chi connectivity index (χ3v) is 3.40. The van der Waals surface area contributed by atoms with Gasteiger partial charge in [-0.2, -0.15) is 0 Å². The minimum atomic E-state index is 0.682. The van der Waals surface area contributed by atoms with Crippen LogP contribution in [0.5, 0.6) is 0 Å². The third-order valence-electron chi connectivity index (χ3n) is 3.40. The average Bonchev–Trinajstić information content (AvgIpc) is 2.61. The van der Waals surface area contributed by atoms with E-state index in [-0.39, 0.29) is 0 Å². The first-order chi connectivity index (χ1) is 10.9. The van der Waals surface area contributed by atoms with Gasteiger partial charge in [-0.15, -0.1) is 0 Å². The van der Waals surface area contributed by atoms with Crippen molar-refractivity contribution >= 4 is 5.95 Å². The number of rotatable bonds is 5. The van der Waals surface area contributed by atoms with Crippen LogP contribution in [0, 0.1) is 0 Å². The van der Waals surface area contributed by atoms with Crippen molar-refractivity contribution in [2.45, 2.75) is 13.3 Å². The van der Waals surface area contributed by atoms with Crippen molar-refractivity contribution in [3.05, 3.63) is 66.7 Å². The summed E-state index contributed by atoms with van der Waals surface area (Å²) in [5, 5.41) is 3.29. The first-order valence-electron chi connectivity index (χ1n) is 7.60. The summed E-state index contributed by atoms with van der Waals surface area (Å²) in [7, 11) is 0. The maximum absolute atomic E-state index is 4.64. The highest BCUT2D eigenvalue weighted by Crippen LogP contribution is 2.24. The van der Waals surface area contributed by atoms with Crippen LogP contribution < -0.4 is 5.32 Å². The summed E-state index contributed by atoms with van der Waals surface area (Å²) in [4.78, 5) is 9.29. The second-order valence-corrected chi connectivity index (χ2v) is 5.12. The Morgan fingerprint density at radius 1 is 0.773 bits per heavy atom. The van der Waals surface area contributed by atoms with Gasteiger partial charge in [-0.05, 0) is 12.5 Å². The Balaban J connectivity index is 2.06. The number of hydrogen-bond donors (Lipinski definition) is 1. The van der Waals surface area contributed by atoms with Gasteiger partial charge in [0.05, 0.1) is 11.4 Å². The lowest BCUT2D eigenvalue weighted by atomic mass is 10.1. The van der Waals surface area contributed by atoms with Crippen LogP contribution in [0.25, 0.3) is 22.5 Å². The molecule has 0 unspecified atom stereocenters. The van der Waals surface area contributed by atoms with Gasteiger partial charge in [0.1, 0.15) is 0 Å². The Bertz CT molecular complexity index is 666. The van der Waals surface area contributed by atoms with E-state index in [4.69, 9.17) is 0 Å². The van der Waals surface area contributed by atoms with Gasteiger partial charge in [0.25, 0.3) is 0 Å². The second-order valence-electron chi connectivity index (χ2n) is 5.12. The molecule has 0 spiro atoms. The standard InChI is InChI=1S/C19H19N3/c1-2-13-20-19-21-17(15-9-5-3-6-10-15)14-18(22-19)16-11-7-4-8-12-16/h3-12,14H,2,13H2,1H3,(H,20,21,22). The highest BCUT2D eigenvalue weighted by atomic mass is 15.1. The molecule has 3 nitrogen and oxygen atoms in total. The maximum atomic E-state index is 4.64. The molecule has 110 valence electrons. The van der Waals surface area contributed by atoms with Gasteiger partial charge in [0, 0.05) is 17.7 Å². The lowest BCUT2D eigenvalue weighted by molar-refractivity contribution is 0.954. The molecule has 0 fully saturated rings. The summed E-state index contributed by atoms with van der Waals surface area (Å²) in [6.07, 6.45) is 1.04. The molecule has 0 saturated carbocycles. The molecule has 1 aromatic heterocycles. The first kappa shape index (κ1) is 14.3. The Morgan fingerprint density at radius 2 is 1.27 bits per heavy atom. The monoisotopic (exact) mass is 289 g/mol. The summed E-state index contributed by atoms with van der Waals surface area (Å²) >= 11 is 0. The lowest BCUT2D eigenvalue weighted by Crippen LogP contribution is -2.05. The molecule has 3 heteroatoms. The van der Waals surface area contributed by atoms with E-state index in [0.29, 0.717) is 5.95 Å². The van der Waals surface area contributed by atoms with E-state index in [9.17, 15) is 0 Å². The summed E-state index contributed by atoms with van der Waals surface area (Å²) in [6.45, 7) is 3.00. The molecule has 3 aromatic rings. The summed E-state index contributed by atoms with van der Waals surface area (Å²) in [5.74, 6) is 0.682. The van der Waals surface area contributed by atoms with Crippen LogP contribution in [0.15, 0.2) is 66.7 Å². The van der Waals surface area contributed by atoms with Crippen LogP contribution in [0.4, 0.5) is 5.95 Å². The highest BCUT2D eigenvalue weighted by Gasteiger charge is 2.07. The zero-order valence-corrected chi connectivity index (χ0v) is 12.7. The number of aromatic nitrogens is 2. The molecule has 0 aliphatic heterocycles. The fraction of sp³-hybridized carbons (Fsp3) is 0.158. The van der Waals surface area contributed by atoms with Crippen molar-refractivity contribution in [1.82, 2.24) is 9.97 Å². The Labute approximate surface area is 131 Å². The van der Waals surface area contributed by atoms with E-state index >= 15 is 0 Å². The predicted molar refractivity (Wildman–Crippen MR) is 91.7 cm³/mol. The Kier molecular flexibility index (Phi) is 4.44. The van der Waals surface area contributed by atoms with Crippen molar-refractivity contribution < 1.29 is 0 Å². The Morgan fingerprint density at radius 3 is 1.73 bits per heavy atom. The Hall–Kier alpha value is -2.68. The smallest absolute Gasteiger partial charge is 0.223 e. The van der Waals surface area contributed by atoms with Gasteiger partial charge < -0.3 is 5.32 Å². The van der Waals surface area contributed by atoms with Gasteiger partial charge in [-0.25, -0.2) is 9.97 Å². The number of anilines is 1. The van der Waals surface area contributed by atoms with E-state index in [1.807, 2.05) is 42.5 Å². The second kappa shape index (κ2) is 6.85. The summed E-state index contributed by atoms with van der Waals surface area (Å²) in [5.41, 5.74) is 4.07. The largest absolute Gasteiger partial charge is 0.354 e. The molecule has 0 atom stereocenters. The molecule has 0 aliphatic rings. The maximum Gasteiger partial charge on any atom is 0.223 e. The molecule has 3 rings (SSSR count). The number of nitrogens with one attached hydrogen (secondary N) is 1. The third kappa shape index (κ3) is 3.31. The van der Waals surface area contributed by atoms with Crippen LogP contribution in [0.1, 0.15) is 13.3 Å². The average molecular weight is 289 g/mol. The topological polar surface area (TPSA) is 37.8 Å². The van der Waals surface area contributed by atoms with Crippen LogP contribution in [0.3, 0.4) is 0 Å². The summed E-state index contributed by atoms with van der Waals surface area (Å²) < 4.78 is 0. The van der Waals surface area contributed by atoms with Crippen molar-refractivity contribution in [2.24, 2.45) is 0 Å². The molecule has 0 bridgehead atoms. The van der Waals surface area contributed by atoms with Crippen molar-refractivity contribution in [3.63, 3.8) is 0 Å². The zero-order valence-electron chi connectivity index (χ0n) is 12.7. The highest BCUT2D eigenvalue weighted by molar-refractivity contribution is 5.69. The SMILES string of the molecule is CCCNc1nc(-c2ccccc2)cc(-c2ccccc2)n1. The molecule has 1 heterocycles. The van der Waals surface area contributed by atoms with Crippen molar-refractivity contribution in [3.8, 4) is 22.5 Å². The molecule has 0 amide bonds. The van der Waals surface area contributed by atoms with Crippen molar-refractivity contribution in [1.29, 1.82) is 0 Å². The normalized spacial score (nSPS) is 10.4. The van der Waals surface area contributed by atoms with Gasteiger partial charge >= 0.3 is 0 Å².